The molecule has 0 atom stereocenters. The molecule has 1 aromatic carbocycles. The van der Waals surface area contributed by atoms with Gasteiger partial charge in [-0.05, 0) is 25.1 Å². The standard InChI is InChI=1S/C19H27N3O3/c1-15(23)22-11-12-25-18-5-3-16(13-17(18)14-22)4-6-19(24)21-9-7-20(2)8-10-21/h3,5,13H,4,6-12,14H2,1-2H3. The van der Waals surface area contributed by atoms with E-state index in [1.165, 1.54) is 0 Å². The van der Waals surface area contributed by atoms with E-state index in [4.69, 9.17) is 4.74 Å². The first kappa shape index (κ1) is 17.7. The normalized spacial score (nSPS) is 18.3. The van der Waals surface area contributed by atoms with Crippen LogP contribution in [0, 0.1) is 0 Å². The lowest BCUT2D eigenvalue weighted by Crippen LogP contribution is -2.47. The van der Waals surface area contributed by atoms with Gasteiger partial charge in [0.25, 0.3) is 0 Å². The highest BCUT2D eigenvalue weighted by Crippen LogP contribution is 2.25. The second-order valence-electron chi connectivity index (χ2n) is 6.92. The van der Waals surface area contributed by atoms with Gasteiger partial charge in [-0.25, -0.2) is 0 Å². The molecule has 0 aromatic heterocycles. The molecule has 25 heavy (non-hydrogen) atoms. The minimum absolute atomic E-state index is 0.0621. The molecule has 6 heteroatoms. The third kappa shape index (κ3) is 4.51. The topological polar surface area (TPSA) is 53.1 Å². The summed E-state index contributed by atoms with van der Waals surface area (Å²) in [4.78, 5) is 30.1. The van der Waals surface area contributed by atoms with Crippen molar-refractivity contribution in [2.75, 3.05) is 46.4 Å². The Morgan fingerprint density at radius 3 is 2.56 bits per heavy atom. The molecule has 2 amide bonds. The largest absolute Gasteiger partial charge is 0.491 e. The first-order chi connectivity index (χ1) is 12.0. The van der Waals surface area contributed by atoms with Gasteiger partial charge in [-0.15, -0.1) is 0 Å². The molecule has 1 saturated heterocycles. The first-order valence-corrected chi connectivity index (χ1v) is 8.99. The average molecular weight is 345 g/mol. The van der Waals surface area contributed by atoms with Crippen molar-refractivity contribution in [2.24, 2.45) is 0 Å². The first-order valence-electron chi connectivity index (χ1n) is 8.99. The highest BCUT2D eigenvalue weighted by atomic mass is 16.5. The maximum absolute atomic E-state index is 12.4. The lowest BCUT2D eigenvalue weighted by atomic mass is 10.0. The summed E-state index contributed by atoms with van der Waals surface area (Å²) in [5.74, 6) is 1.13. The third-order valence-electron chi connectivity index (χ3n) is 5.03. The molecule has 0 unspecified atom stereocenters. The van der Waals surface area contributed by atoms with Crippen molar-refractivity contribution in [1.29, 1.82) is 0 Å². The molecule has 0 spiro atoms. The van der Waals surface area contributed by atoms with E-state index in [9.17, 15) is 9.59 Å². The number of benzene rings is 1. The van der Waals surface area contributed by atoms with E-state index in [0.29, 0.717) is 26.1 Å². The summed E-state index contributed by atoms with van der Waals surface area (Å²) in [5.41, 5.74) is 2.15. The monoisotopic (exact) mass is 345 g/mol. The summed E-state index contributed by atoms with van der Waals surface area (Å²) in [5, 5.41) is 0. The van der Waals surface area contributed by atoms with Gasteiger partial charge in [-0.1, -0.05) is 12.1 Å². The van der Waals surface area contributed by atoms with E-state index in [1.54, 1.807) is 11.8 Å². The zero-order valence-electron chi connectivity index (χ0n) is 15.2. The van der Waals surface area contributed by atoms with Crippen molar-refractivity contribution < 1.29 is 14.3 Å². The Balaban J connectivity index is 1.60. The van der Waals surface area contributed by atoms with Gasteiger partial charge in [-0.3, -0.25) is 9.59 Å². The Morgan fingerprint density at radius 2 is 1.84 bits per heavy atom. The molecule has 0 radical (unpaired) electrons. The van der Waals surface area contributed by atoms with E-state index < -0.39 is 0 Å². The number of carbonyl (C=O) groups excluding carboxylic acids is 2. The molecule has 2 aliphatic heterocycles. The molecule has 3 rings (SSSR count). The van der Waals surface area contributed by atoms with Crippen LogP contribution in [-0.2, 0) is 22.6 Å². The molecule has 0 N–H and O–H groups in total. The van der Waals surface area contributed by atoms with Crippen LogP contribution in [0.25, 0.3) is 0 Å². The molecular weight excluding hydrogens is 318 g/mol. The van der Waals surface area contributed by atoms with Crippen LogP contribution in [0.3, 0.4) is 0 Å². The number of piperazine rings is 1. The molecule has 0 saturated carbocycles. The Labute approximate surface area is 149 Å². The van der Waals surface area contributed by atoms with E-state index in [0.717, 1.165) is 49.5 Å². The van der Waals surface area contributed by atoms with E-state index >= 15 is 0 Å². The predicted molar refractivity (Wildman–Crippen MR) is 95.4 cm³/mol. The van der Waals surface area contributed by atoms with Gasteiger partial charge in [-0.2, -0.15) is 0 Å². The summed E-state index contributed by atoms with van der Waals surface area (Å²) in [6, 6.07) is 6.07. The number of carbonyl (C=O) groups is 2. The molecule has 6 nitrogen and oxygen atoms in total. The van der Waals surface area contributed by atoms with Crippen LogP contribution in [0.5, 0.6) is 5.75 Å². The molecule has 2 heterocycles. The summed E-state index contributed by atoms with van der Waals surface area (Å²) < 4.78 is 5.74. The zero-order valence-corrected chi connectivity index (χ0v) is 15.2. The molecule has 1 aromatic rings. The lowest BCUT2D eigenvalue weighted by Gasteiger charge is -2.32. The number of amides is 2. The Hall–Kier alpha value is -2.08. The van der Waals surface area contributed by atoms with Gasteiger partial charge >= 0.3 is 0 Å². The third-order valence-corrected chi connectivity index (χ3v) is 5.03. The quantitative estimate of drug-likeness (QED) is 0.824. The van der Waals surface area contributed by atoms with Crippen molar-refractivity contribution in [2.45, 2.75) is 26.3 Å². The van der Waals surface area contributed by atoms with Crippen LogP contribution < -0.4 is 4.74 Å². The predicted octanol–water partition coefficient (Wildman–Crippen LogP) is 1.13. The molecule has 136 valence electrons. The summed E-state index contributed by atoms with van der Waals surface area (Å²) in [6.45, 7) is 6.83. The maximum Gasteiger partial charge on any atom is 0.222 e. The minimum Gasteiger partial charge on any atom is -0.491 e. The number of ether oxygens (including phenoxy) is 1. The number of hydrogen-bond acceptors (Lipinski definition) is 4. The fourth-order valence-corrected chi connectivity index (χ4v) is 3.34. The summed E-state index contributed by atoms with van der Waals surface area (Å²) >= 11 is 0. The van der Waals surface area contributed by atoms with Crippen LogP contribution in [0.4, 0.5) is 0 Å². The molecular formula is C19H27N3O3. The van der Waals surface area contributed by atoms with Crippen LogP contribution >= 0.6 is 0 Å². The highest BCUT2D eigenvalue weighted by molar-refractivity contribution is 5.76. The fourth-order valence-electron chi connectivity index (χ4n) is 3.34. The van der Waals surface area contributed by atoms with Crippen molar-refractivity contribution in [1.82, 2.24) is 14.7 Å². The van der Waals surface area contributed by atoms with Gasteiger partial charge in [0.15, 0.2) is 0 Å². The molecule has 1 fully saturated rings. The number of aryl methyl sites for hydroxylation is 1. The molecule has 0 aliphatic carbocycles. The maximum atomic E-state index is 12.4. The molecule has 2 aliphatic rings. The SMILES string of the molecule is CC(=O)N1CCOc2ccc(CCC(=O)N3CCN(C)CC3)cc2C1. The number of hydrogen-bond donors (Lipinski definition) is 0. The number of nitrogens with zero attached hydrogens (tertiary/aromatic N) is 3. The van der Waals surface area contributed by atoms with Gasteiger partial charge in [0, 0.05) is 51.6 Å². The van der Waals surface area contributed by atoms with Crippen LogP contribution in [0.1, 0.15) is 24.5 Å². The average Bonchev–Trinajstić information content (AvgIpc) is 2.82. The lowest BCUT2D eigenvalue weighted by molar-refractivity contribution is -0.132. The van der Waals surface area contributed by atoms with Crippen LogP contribution in [0.15, 0.2) is 18.2 Å². The van der Waals surface area contributed by atoms with Crippen molar-refractivity contribution in [3.63, 3.8) is 0 Å². The minimum atomic E-state index is 0.0621. The van der Waals surface area contributed by atoms with Crippen molar-refractivity contribution in [3.05, 3.63) is 29.3 Å². The van der Waals surface area contributed by atoms with E-state index in [-0.39, 0.29) is 11.8 Å². The van der Waals surface area contributed by atoms with Crippen LogP contribution in [-0.4, -0.2) is 72.9 Å². The molecule has 0 bridgehead atoms. The van der Waals surface area contributed by atoms with Crippen molar-refractivity contribution >= 4 is 11.8 Å². The second-order valence-corrected chi connectivity index (χ2v) is 6.92. The Bertz CT molecular complexity index is 639. The fraction of sp³-hybridized carbons (Fsp3) is 0.579. The number of fused-ring (bicyclic) bond motifs is 1. The van der Waals surface area contributed by atoms with E-state index in [1.807, 2.05) is 17.0 Å². The Morgan fingerprint density at radius 1 is 1.08 bits per heavy atom. The summed E-state index contributed by atoms with van der Waals surface area (Å²) in [6.07, 6.45) is 1.25. The highest BCUT2D eigenvalue weighted by Gasteiger charge is 2.20. The van der Waals surface area contributed by atoms with E-state index in [2.05, 4.69) is 18.0 Å². The smallest absolute Gasteiger partial charge is 0.222 e. The van der Waals surface area contributed by atoms with Gasteiger partial charge < -0.3 is 19.4 Å². The van der Waals surface area contributed by atoms with Gasteiger partial charge in [0.1, 0.15) is 12.4 Å². The van der Waals surface area contributed by atoms with Gasteiger partial charge in [0.2, 0.25) is 11.8 Å². The summed E-state index contributed by atoms with van der Waals surface area (Å²) in [7, 11) is 2.09. The number of likely N-dealkylation sites (N-methyl/N-ethyl adjacent to an activating group) is 1. The second kappa shape index (κ2) is 7.87. The van der Waals surface area contributed by atoms with Crippen molar-refractivity contribution in [3.8, 4) is 5.75 Å². The zero-order chi connectivity index (χ0) is 17.8. The van der Waals surface area contributed by atoms with Crippen LogP contribution in [0.2, 0.25) is 0 Å². The Kier molecular flexibility index (Phi) is 5.58. The van der Waals surface area contributed by atoms with Gasteiger partial charge in [0.05, 0.1) is 6.54 Å². The number of rotatable bonds is 3.